The van der Waals surface area contributed by atoms with Gasteiger partial charge in [0.2, 0.25) is 5.91 Å². The number of unbranched alkanes of at least 4 members (excludes halogenated alkanes) is 2. The zero-order valence-corrected chi connectivity index (χ0v) is 10.4. The number of nitrogens with zero attached hydrogens (tertiary/aromatic N) is 1. The van der Waals surface area contributed by atoms with Crippen molar-refractivity contribution in [3.8, 4) is 0 Å². The number of carbonyl (C=O) groups is 1. The molecule has 1 unspecified atom stereocenters. The molecule has 0 aromatic carbocycles. The molecule has 1 aromatic rings. The first-order chi connectivity index (χ1) is 8.24. The molecule has 4 nitrogen and oxygen atoms in total. The quantitative estimate of drug-likeness (QED) is 0.708. The second kappa shape index (κ2) is 7.79. The summed E-state index contributed by atoms with van der Waals surface area (Å²) in [5.41, 5.74) is 6.47. The molecule has 0 radical (unpaired) electrons. The predicted molar refractivity (Wildman–Crippen MR) is 68.3 cm³/mol. The lowest BCUT2D eigenvalue weighted by molar-refractivity contribution is -0.121. The average Bonchev–Trinajstić information content (AvgIpc) is 2.36. The Bertz CT molecular complexity index is 327. The van der Waals surface area contributed by atoms with E-state index in [0.717, 1.165) is 24.8 Å². The maximum absolute atomic E-state index is 11.6. The minimum absolute atomic E-state index is 0.0417. The van der Waals surface area contributed by atoms with Gasteiger partial charge in [0.15, 0.2) is 0 Å². The molecular formula is C13H21N3O. The van der Waals surface area contributed by atoms with Gasteiger partial charge in [-0.2, -0.15) is 0 Å². The maximum atomic E-state index is 11.6. The van der Waals surface area contributed by atoms with E-state index in [0.29, 0.717) is 13.0 Å². The Labute approximate surface area is 103 Å². The second-order valence-electron chi connectivity index (χ2n) is 4.17. The SMILES string of the molecule is CC(NC(=O)CCCCCN)c1ccncc1. The van der Waals surface area contributed by atoms with Gasteiger partial charge in [0, 0.05) is 18.8 Å². The fourth-order valence-electron chi connectivity index (χ4n) is 1.66. The molecule has 0 aliphatic heterocycles. The molecule has 0 saturated heterocycles. The highest BCUT2D eigenvalue weighted by molar-refractivity contribution is 5.76. The Morgan fingerprint density at radius 3 is 2.71 bits per heavy atom. The first kappa shape index (κ1) is 13.6. The maximum Gasteiger partial charge on any atom is 0.220 e. The second-order valence-corrected chi connectivity index (χ2v) is 4.17. The molecule has 1 rings (SSSR count). The van der Waals surface area contributed by atoms with Crippen LogP contribution in [0, 0.1) is 0 Å². The molecule has 1 atom stereocenters. The summed E-state index contributed by atoms with van der Waals surface area (Å²) in [6, 6.07) is 3.87. The van der Waals surface area contributed by atoms with Crippen LogP contribution in [-0.2, 0) is 4.79 Å². The standard InChI is InChI=1S/C13H21N3O/c1-11(12-6-9-15-10-7-12)16-13(17)5-3-2-4-8-14/h6-7,9-11H,2-5,8,14H2,1H3,(H,16,17). The number of amides is 1. The van der Waals surface area contributed by atoms with E-state index in [1.807, 2.05) is 19.1 Å². The predicted octanol–water partition coefficient (Wildman–Crippen LogP) is 1.78. The van der Waals surface area contributed by atoms with Crippen molar-refractivity contribution in [1.82, 2.24) is 10.3 Å². The Morgan fingerprint density at radius 1 is 1.35 bits per heavy atom. The fourth-order valence-corrected chi connectivity index (χ4v) is 1.66. The van der Waals surface area contributed by atoms with Gasteiger partial charge in [-0.15, -0.1) is 0 Å². The smallest absolute Gasteiger partial charge is 0.220 e. The van der Waals surface area contributed by atoms with Gasteiger partial charge in [-0.1, -0.05) is 6.42 Å². The summed E-state index contributed by atoms with van der Waals surface area (Å²) in [6.45, 7) is 2.68. The van der Waals surface area contributed by atoms with E-state index in [-0.39, 0.29) is 11.9 Å². The number of rotatable bonds is 7. The molecule has 0 aliphatic carbocycles. The van der Waals surface area contributed by atoms with Crippen molar-refractivity contribution >= 4 is 5.91 Å². The molecule has 1 aromatic heterocycles. The van der Waals surface area contributed by atoms with Crippen LogP contribution < -0.4 is 11.1 Å². The molecule has 1 heterocycles. The van der Waals surface area contributed by atoms with Gasteiger partial charge in [-0.3, -0.25) is 9.78 Å². The van der Waals surface area contributed by atoms with Crippen molar-refractivity contribution in [3.05, 3.63) is 30.1 Å². The van der Waals surface area contributed by atoms with E-state index in [9.17, 15) is 4.79 Å². The summed E-state index contributed by atoms with van der Waals surface area (Å²) in [4.78, 5) is 15.6. The highest BCUT2D eigenvalue weighted by atomic mass is 16.1. The zero-order valence-electron chi connectivity index (χ0n) is 10.4. The summed E-state index contributed by atoms with van der Waals surface area (Å²) in [5.74, 6) is 0.103. The van der Waals surface area contributed by atoms with Crippen LogP contribution in [0.4, 0.5) is 0 Å². The van der Waals surface area contributed by atoms with Crippen LogP contribution in [-0.4, -0.2) is 17.4 Å². The number of aromatic nitrogens is 1. The van der Waals surface area contributed by atoms with Crippen molar-refractivity contribution < 1.29 is 4.79 Å². The normalized spacial score (nSPS) is 12.1. The summed E-state index contributed by atoms with van der Waals surface area (Å²) >= 11 is 0. The minimum Gasteiger partial charge on any atom is -0.350 e. The van der Waals surface area contributed by atoms with E-state index in [4.69, 9.17) is 5.73 Å². The monoisotopic (exact) mass is 235 g/mol. The van der Waals surface area contributed by atoms with E-state index in [2.05, 4.69) is 10.3 Å². The third-order valence-corrected chi connectivity index (χ3v) is 2.69. The van der Waals surface area contributed by atoms with Gasteiger partial charge in [0.1, 0.15) is 0 Å². The van der Waals surface area contributed by atoms with Gasteiger partial charge in [0.05, 0.1) is 6.04 Å². The number of pyridine rings is 1. The Hall–Kier alpha value is -1.42. The van der Waals surface area contributed by atoms with E-state index >= 15 is 0 Å². The van der Waals surface area contributed by atoms with Crippen molar-refractivity contribution in [3.63, 3.8) is 0 Å². The summed E-state index contributed by atoms with van der Waals surface area (Å²) in [5, 5.41) is 2.98. The number of hydrogen-bond donors (Lipinski definition) is 2. The van der Waals surface area contributed by atoms with E-state index in [1.54, 1.807) is 12.4 Å². The number of nitrogens with two attached hydrogens (primary N) is 1. The lowest BCUT2D eigenvalue weighted by Crippen LogP contribution is -2.26. The lowest BCUT2D eigenvalue weighted by Gasteiger charge is -2.13. The largest absolute Gasteiger partial charge is 0.350 e. The molecule has 0 fully saturated rings. The van der Waals surface area contributed by atoms with Crippen molar-refractivity contribution in [2.24, 2.45) is 5.73 Å². The van der Waals surface area contributed by atoms with Crippen LogP contribution in [0.2, 0.25) is 0 Å². The topological polar surface area (TPSA) is 68.0 Å². The van der Waals surface area contributed by atoms with Crippen molar-refractivity contribution in [2.45, 2.75) is 38.6 Å². The molecule has 3 N–H and O–H groups in total. The van der Waals surface area contributed by atoms with Crippen molar-refractivity contribution in [1.29, 1.82) is 0 Å². The highest BCUT2D eigenvalue weighted by Gasteiger charge is 2.08. The number of nitrogens with one attached hydrogen (secondary N) is 1. The third kappa shape index (κ3) is 5.45. The van der Waals surface area contributed by atoms with Gasteiger partial charge >= 0.3 is 0 Å². The Kier molecular flexibility index (Phi) is 6.25. The fraction of sp³-hybridized carbons (Fsp3) is 0.538. The molecule has 4 heteroatoms. The van der Waals surface area contributed by atoms with Gasteiger partial charge in [-0.05, 0) is 44.0 Å². The molecule has 1 amide bonds. The molecule has 17 heavy (non-hydrogen) atoms. The van der Waals surface area contributed by atoms with Crippen LogP contribution in [0.5, 0.6) is 0 Å². The molecule has 0 bridgehead atoms. The molecular weight excluding hydrogens is 214 g/mol. The number of carbonyl (C=O) groups excluding carboxylic acids is 1. The molecule has 94 valence electrons. The first-order valence-electron chi connectivity index (χ1n) is 6.13. The van der Waals surface area contributed by atoms with Gasteiger partial charge < -0.3 is 11.1 Å². The molecule has 0 spiro atoms. The van der Waals surface area contributed by atoms with Gasteiger partial charge in [-0.25, -0.2) is 0 Å². The van der Waals surface area contributed by atoms with Crippen LogP contribution in [0.25, 0.3) is 0 Å². The van der Waals surface area contributed by atoms with Crippen molar-refractivity contribution in [2.75, 3.05) is 6.54 Å². The lowest BCUT2D eigenvalue weighted by atomic mass is 10.1. The van der Waals surface area contributed by atoms with Crippen LogP contribution >= 0.6 is 0 Å². The summed E-state index contributed by atoms with van der Waals surface area (Å²) in [7, 11) is 0. The minimum atomic E-state index is 0.0417. The summed E-state index contributed by atoms with van der Waals surface area (Å²) in [6.07, 6.45) is 6.97. The highest BCUT2D eigenvalue weighted by Crippen LogP contribution is 2.10. The zero-order chi connectivity index (χ0) is 12.5. The van der Waals surface area contributed by atoms with E-state index < -0.39 is 0 Å². The number of hydrogen-bond acceptors (Lipinski definition) is 3. The third-order valence-electron chi connectivity index (χ3n) is 2.69. The van der Waals surface area contributed by atoms with Gasteiger partial charge in [0.25, 0.3) is 0 Å². The Morgan fingerprint density at radius 2 is 2.06 bits per heavy atom. The molecule has 0 saturated carbocycles. The molecule has 0 aliphatic rings. The van der Waals surface area contributed by atoms with Crippen LogP contribution in [0.15, 0.2) is 24.5 Å². The summed E-state index contributed by atoms with van der Waals surface area (Å²) < 4.78 is 0. The first-order valence-corrected chi connectivity index (χ1v) is 6.13. The van der Waals surface area contributed by atoms with E-state index in [1.165, 1.54) is 0 Å². The van der Waals surface area contributed by atoms with Crippen LogP contribution in [0.3, 0.4) is 0 Å². The average molecular weight is 235 g/mol. The Balaban J connectivity index is 2.26. The van der Waals surface area contributed by atoms with Crippen LogP contribution in [0.1, 0.15) is 44.2 Å².